The third-order valence-corrected chi connectivity index (χ3v) is 7.58. The predicted molar refractivity (Wildman–Crippen MR) is 129 cm³/mol. The summed E-state index contributed by atoms with van der Waals surface area (Å²) in [7, 11) is 0. The number of ketones is 1. The highest BCUT2D eigenvalue weighted by Crippen LogP contribution is 2.29. The Labute approximate surface area is 204 Å². The van der Waals surface area contributed by atoms with Crippen molar-refractivity contribution in [3.8, 4) is 0 Å². The molecule has 1 aliphatic heterocycles. The highest BCUT2D eigenvalue weighted by atomic mass is 35.5. The van der Waals surface area contributed by atoms with E-state index in [1.165, 1.54) is 24.3 Å². The zero-order valence-electron chi connectivity index (χ0n) is 19.8. The van der Waals surface area contributed by atoms with Crippen LogP contribution in [0.4, 0.5) is 8.78 Å². The second-order valence-electron chi connectivity index (χ2n) is 9.68. The highest BCUT2D eigenvalue weighted by molar-refractivity contribution is 6.30. The van der Waals surface area contributed by atoms with Gasteiger partial charge in [0.05, 0.1) is 5.02 Å². The van der Waals surface area contributed by atoms with Crippen LogP contribution >= 0.6 is 11.6 Å². The molecule has 1 atom stereocenters. The molecule has 0 aromatic heterocycles. The normalized spacial score (nSPS) is 19.6. The number of halogens is 3. The lowest BCUT2D eigenvalue weighted by molar-refractivity contribution is -0.140. The molecular weight excluding hydrogens is 458 g/mol. The summed E-state index contributed by atoms with van der Waals surface area (Å²) < 4.78 is 28.3. The Morgan fingerprint density at radius 2 is 1.76 bits per heavy atom. The lowest BCUT2D eigenvalue weighted by Gasteiger charge is -2.41. The number of Topliss-reactive ketones (excluding diaryl/α,β-unsaturated/α-hetero) is 1. The Morgan fingerprint density at radius 1 is 1.06 bits per heavy atom. The first-order valence-corrected chi connectivity index (χ1v) is 12.4. The number of amides is 1. The van der Waals surface area contributed by atoms with Crippen LogP contribution in [0.5, 0.6) is 0 Å². The molecule has 0 N–H and O–H groups in total. The number of hydrogen-bond donors (Lipinski definition) is 0. The minimum Gasteiger partial charge on any atom is -0.337 e. The second kappa shape index (κ2) is 10.5. The minimum atomic E-state index is -0.649. The van der Waals surface area contributed by atoms with Crippen LogP contribution in [0.25, 0.3) is 0 Å². The molecular formula is C27H31ClF2N2O2. The molecule has 4 nitrogen and oxygen atoms in total. The first-order valence-electron chi connectivity index (χ1n) is 12.0. The SMILES string of the molecule is Cc1c(CC(=O)c2ccc(Cl)c(F)c2)cc(F)cc1CN1CCN(C(=O)C2CCCC2)[C@@H](C)C1. The fourth-order valence-corrected chi connectivity index (χ4v) is 5.36. The van der Waals surface area contributed by atoms with Crippen molar-refractivity contribution in [2.24, 2.45) is 5.92 Å². The van der Waals surface area contributed by atoms with Gasteiger partial charge in [-0.15, -0.1) is 0 Å². The van der Waals surface area contributed by atoms with Gasteiger partial charge in [0, 0.05) is 50.1 Å². The van der Waals surface area contributed by atoms with Gasteiger partial charge in [-0.25, -0.2) is 8.78 Å². The van der Waals surface area contributed by atoms with Crippen LogP contribution in [-0.4, -0.2) is 47.2 Å². The van der Waals surface area contributed by atoms with E-state index in [4.69, 9.17) is 11.6 Å². The topological polar surface area (TPSA) is 40.6 Å². The largest absolute Gasteiger partial charge is 0.337 e. The van der Waals surface area contributed by atoms with Crippen LogP contribution in [0, 0.1) is 24.5 Å². The van der Waals surface area contributed by atoms with Crippen molar-refractivity contribution in [3.05, 3.63) is 69.2 Å². The number of rotatable bonds is 6. The molecule has 2 aromatic carbocycles. The molecule has 1 saturated heterocycles. The summed E-state index contributed by atoms with van der Waals surface area (Å²) in [4.78, 5) is 29.8. The van der Waals surface area contributed by atoms with Gasteiger partial charge in [-0.1, -0.05) is 24.4 Å². The number of piperazine rings is 1. The first kappa shape index (κ1) is 24.8. The molecule has 2 fully saturated rings. The standard InChI is InChI=1S/C27H31ClF2N2O2/c1-17-15-31(9-10-32(17)27(34)19-5-3-4-6-19)16-22-12-23(29)11-21(18(22)2)14-26(33)20-7-8-24(28)25(30)13-20/h7-8,11-13,17,19H,3-6,9-10,14-16H2,1-2H3/t17-/m0/s1. The average molecular weight is 489 g/mol. The Morgan fingerprint density at radius 3 is 2.44 bits per heavy atom. The molecule has 34 heavy (non-hydrogen) atoms. The number of hydrogen-bond acceptors (Lipinski definition) is 3. The Hall–Kier alpha value is -2.31. The van der Waals surface area contributed by atoms with Crippen LogP contribution < -0.4 is 0 Å². The molecule has 1 amide bonds. The fraction of sp³-hybridized carbons (Fsp3) is 0.481. The lowest BCUT2D eigenvalue weighted by Crippen LogP contribution is -2.54. The molecule has 182 valence electrons. The van der Waals surface area contributed by atoms with Crippen LogP contribution in [0.2, 0.25) is 5.02 Å². The van der Waals surface area contributed by atoms with Gasteiger partial charge in [0.15, 0.2) is 5.78 Å². The predicted octanol–water partition coefficient (Wildman–Crippen LogP) is 5.57. The molecule has 7 heteroatoms. The number of carbonyl (C=O) groups is 2. The van der Waals surface area contributed by atoms with Crippen LogP contribution in [-0.2, 0) is 17.8 Å². The molecule has 2 aliphatic rings. The number of benzene rings is 2. The third-order valence-electron chi connectivity index (χ3n) is 7.27. The van der Waals surface area contributed by atoms with Crippen molar-refractivity contribution in [2.45, 2.75) is 58.5 Å². The lowest BCUT2D eigenvalue weighted by atomic mass is 9.95. The van der Waals surface area contributed by atoms with Crippen molar-refractivity contribution in [2.75, 3.05) is 19.6 Å². The van der Waals surface area contributed by atoms with Crippen molar-refractivity contribution >= 4 is 23.3 Å². The molecule has 0 unspecified atom stereocenters. The maximum absolute atomic E-state index is 14.5. The summed E-state index contributed by atoms with van der Waals surface area (Å²) in [6.07, 6.45) is 4.26. The van der Waals surface area contributed by atoms with Gasteiger partial charge in [0.2, 0.25) is 5.91 Å². The first-order chi connectivity index (χ1) is 16.2. The van der Waals surface area contributed by atoms with Gasteiger partial charge < -0.3 is 4.90 Å². The van der Waals surface area contributed by atoms with E-state index in [2.05, 4.69) is 11.8 Å². The smallest absolute Gasteiger partial charge is 0.226 e. The zero-order valence-corrected chi connectivity index (χ0v) is 20.5. The maximum Gasteiger partial charge on any atom is 0.226 e. The van der Waals surface area contributed by atoms with Crippen molar-refractivity contribution in [1.82, 2.24) is 9.80 Å². The Kier molecular flexibility index (Phi) is 7.68. The maximum atomic E-state index is 14.5. The molecule has 1 heterocycles. The van der Waals surface area contributed by atoms with E-state index in [1.807, 2.05) is 11.8 Å². The van der Waals surface area contributed by atoms with Gasteiger partial charge in [0.25, 0.3) is 0 Å². The van der Waals surface area contributed by atoms with Crippen molar-refractivity contribution in [1.29, 1.82) is 0 Å². The van der Waals surface area contributed by atoms with E-state index in [1.54, 1.807) is 0 Å². The molecule has 1 aliphatic carbocycles. The molecule has 0 radical (unpaired) electrons. The third kappa shape index (κ3) is 5.49. The minimum absolute atomic E-state index is 0.0161. The van der Waals surface area contributed by atoms with Crippen LogP contribution in [0.3, 0.4) is 0 Å². The van der Waals surface area contributed by atoms with E-state index in [-0.39, 0.29) is 40.7 Å². The summed E-state index contributed by atoms with van der Waals surface area (Å²) in [5, 5.41) is -0.0416. The van der Waals surface area contributed by atoms with E-state index in [0.717, 1.165) is 56.0 Å². The summed E-state index contributed by atoms with van der Waals surface area (Å²) in [6, 6.07) is 6.96. The zero-order chi connectivity index (χ0) is 24.4. The van der Waals surface area contributed by atoms with Gasteiger partial charge in [-0.3, -0.25) is 14.5 Å². The van der Waals surface area contributed by atoms with Gasteiger partial charge in [-0.2, -0.15) is 0 Å². The van der Waals surface area contributed by atoms with Gasteiger partial charge in [-0.05, 0) is 73.7 Å². The summed E-state index contributed by atoms with van der Waals surface area (Å²) in [5.74, 6) is -0.875. The van der Waals surface area contributed by atoms with Crippen LogP contribution in [0.15, 0.2) is 30.3 Å². The van der Waals surface area contributed by atoms with E-state index < -0.39 is 11.6 Å². The Balaban J connectivity index is 1.43. The second-order valence-corrected chi connectivity index (χ2v) is 10.1. The average Bonchev–Trinajstić information content (AvgIpc) is 3.33. The van der Waals surface area contributed by atoms with Crippen molar-refractivity contribution < 1.29 is 18.4 Å². The fourth-order valence-electron chi connectivity index (χ4n) is 5.24. The molecule has 0 bridgehead atoms. The molecule has 4 rings (SSSR count). The quantitative estimate of drug-likeness (QED) is 0.499. The van der Waals surface area contributed by atoms with Gasteiger partial charge in [0.1, 0.15) is 11.6 Å². The molecule has 2 aromatic rings. The monoisotopic (exact) mass is 488 g/mol. The van der Waals surface area contributed by atoms with Crippen molar-refractivity contribution in [3.63, 3.8) is 0 Å². The van der Waals surface area contributed by atoms with Gasteiger partial charge >= 0.3 is 0 Å². The summed E-state index contributed by atoms with van der Waals surface area (Å²) >= 11 is 5.71. The highest BCUT2D eigenvalue weighted by Gasteiger charge is 2.33. The molecule has 1 saturated carbocycles. The van der Waals surface area contributed by atoms with E-state index in [0.29, 0.717) is 18.7 Å². The molecule has 0 spiro atoms. The van der Waals surface area contributed by atoms with Crippen LogP contribution in [0.1, 0.15) is 59.7 Å². The number of nitrogens with zero attached hydrogens (tertiary/aromatic N) is 2. The summed E-state index contributed by atoms with van der Waals surface area (Å²) in [6.45, 7) is 6.66. The van der Waals surface area contributed by atoms with E-state index >= 15 is 0 Å². The number of carbonyl (C=O) groups excluding carboxylic acids is 2. The van der Waals surface area contributed by atoms with E-state index in [9.17, 15) is 18.4 Å². The Bertz CT molecular complexity index is 1080. The summed E-state index contributed by atoms with van der Waals surface area (Å²) in [5.41, 5.74) is 2.50.